The first-order valence-electron chi connectivity index (χ1n) is 10.6. The van der Waals surface area contributed by atoms with Crippen molar-refractivity contribution in [1.82, 2.24) is 15.5 Å². The fourth-order valence-corrected chi connectivity index (χ4v) is 5.21. The molecule has 2 aliphatic heterocycles. The second-order valence-corrected chi connectivity index (χ2v) is 9.31. The van der Waals surface area contributed by atoms with Crippen LogP contribution in [0.5, 0.6) is 0 Å². The molecule has 2 N–H and O–H groups in total. The Kier molecular flexibility index (Phi) is 6.80. The van der Waals surface area contributed by atoms with Crippen molar-refractivity contribution in [2.24, 2.45) is 0 Å². The van der Waals surface area contributed by atoms with Gasteiger partial charge < -0.3 is 15.5 Å². The highest BCUT2D eigenvalue weighted by molar-refractivity contribution is 8.03. The van der Waals surface area contributed by atoms with Gasteiger partial charge in [0.15, 0.2) is 5.78 Å². The molecule has 0 radical (unpaired) electrons. The van der Waals surface area contributed by atoms with E-state index in [2.05, 4.69) is 10.6 Å². The number of carbonyl (C=O) groups excluding carboxylic acids is 2. The first kappa shape index (κ1) is 22.7. The lowest BCUT2D eigenvalue weighted by molar-refractivity contribution is -0.137. The maximum Gasteiger partial charge on any atom is 0.416 e. The Morgan fingerprint density at radius 3 is 2.72 bits per heavy atom. The molecular weight excluding hydrogens is 441 g/mol. The monoisotopic (exact) mass is 466 g/mol. The summed E-state index contributed by atoms with van der Waals surface area (Å²) in [6, 6.07) is 5.36. The van der Waals surface area contributed by atoms with E-state index in [0.717, 1.165) is 23.1 Å². The van der Waals surface area contributed by atoms with E-state index in [1.54, 1.807) is 23.9 Å². The third-order valence-corrected chi connectivity index (χ3v) is 6.97. The summed E-state index contributed by atoms with van der Waals surface area (Å²) in [5, 5.41) is 6.45. The fourth-order valence-electron chi connectivity index (χ4n) is 3.97. The highest BCUT2D eigenvalue weighted by atomic mass is 32.2. The Balaban J connectivity index is 1.16. The van der Waals surface area contributed by atoms with Crippen molar-refractivity contribution < 1.29 is 22.8 Å². The molecule has 0 aromatic heterocycles. The van der Waals surface area contributed by atoms with Gasteiger partial charge in [-0.1, -0.05) is 6.07 Å². The SMILES string of the molecule is O=C1C=CC2=C(C1)SC(CCNC(=O)CN1CCN(c3cccc(C(F)(F)F)c3)CC1)N2. The molecular formula is C22H25F3N4O2S. The Morgan fingerprint density at radius 2 is 1.97 bits per heavy atom. The number of piperazine rings is 1. The Hall–Kier alpha value is -2.46. The fraction of sp³-hybridized carbons (Fsp3) is 0.455. The lowest BCUT2D eigenvalue weighted by Gasteiger charge is -2.36. The number of alkyl halides is 3. The van der Waals surface area contributed by atoms with Crippen molar-refractivity contribution >= 4 is 29.1 Å². The average Bonchev–Trinajstić information content (AvgIpc) is 3.15. The molecule has 1 atom stereocenters. The quantitative estimate of drug-likeness (QED) is 0.672. The number of halogens is 3. The topological polar surface area (TPSA) is 64.7 Å². The van der Waals surface area contributed by atoms with Crippen LogP contribution in [0.2, 0.25) is 0 Å². The first-order chi connectivity index (χ1) is 15.3. The van der Waals surface area contributed by atoms with Crippen molar-refractivity contribution in [2.45, 2.75) is 24.4 Å². The van der Waals surface area contributed by atoms with E-state index in [-0.39, 0.29) is 23.6 Å². The molecule has 0 spiro atoms. The highest BCUT2D eigenvalue weighted by Gasteiger charge is 2.31. The molecule has 1 aliphatic carbocycles. The molecule has 2 heterocycles. The molecule has 172 valence electrons. The zero-order chi connectivity index (χ0) is 22.7. The van der Waals surface area contributed by atoms with Crippen LogP contribution in [0.3, 0.4) is 0 Å². The zero-order valence-electron chi connectivity index (χ0n) is 17.5. The molecule has 32 heavy (non-hydrogen) atoms. The van der Waals surface area contributed by atoms with Crippen LogP contribution in [-0.4, -0.2) is 61.2 Å². The third kappa shape index (κ3) is 5.66. The second kappa shape index (κ2) is 9.58. The minimum Gasteiger partial charge on any atom is -0.372 e. The number of rotatable bonds is 6. The summed E-state index contributed by atoms with van der Waals surface area (Å²) in [7, 11) is 0. The minimum atomic E-state index is -4.36. The van der Waals surface area contributed by atoms with Crippen molar-refractivity contribution in [1.29, 1.82) is 0 Å². The number of hydrogen-bond donors (Lipinski definition) is 2. The van der Waals surface area contributed by atoms with Gasteiger partial charge in [0.05, 0.1) is 17.5 Å². The van der Waals surface area contributed by atoms with Gasteiger partial charge in [-0.15, -0.1) is 11.8 Å². The lowest BCUT2D eigenvalue weighted by atomic mass is 10.1. The predicted molar refractivity (Wildman–Crippen MR) is 118 cm³/mol. The third-order valence-electron chi connectivity index (χ3n) is 5.68. The van der Waals surface area contributed by atoms with Gasteiger partial charge in [0, 0.05) is 55.4 Å². The number of hydrogen-bond acceptors (Lipinski definition) is 6. The summed E-state index contributed by atoms with van der Waals surface area (Å²) < 4.78 is 38.8. The Labute approximate surface area is 188 Å². The number of carbonyl (C=O) groups is 2. The van der Waals surface area contributed by atoms with Gasteiger partial charge in [0.2, 0.25) is 5.91 Å². The van der Waals surface area contributed by atoms with Crippen molar-refractivity contribution in [3.05, 3.63) is 52.6 Å². The van der Waals surface area contributed by atoms with Gasteiger partial charge in [0.25, 0.3) is 0 Å². The van der Waals surface area contributed by atoms with Crippen LogP contribution in [-0.2, 0) is 15.8 Å². The van der Waals surface area contributed by atoms with Gasteiger partial charge in [-0.25, -0.2) is 0 Å². The van der Waals surface area contributed by atoms with Gasteiger partial charge in [0.1, 0.15) is 0 Å². The van der Waals surface area contributed by atoms with Crippen LogP contribution < -0.4 is 15.5 Å². The van der Waals surface area contributed by atoms with E-state index in [1.807, 2.05) is 15.9 Å². The standard InChI is InChI=1S/C22H25F3N4O2S/c23-22(24,25)15-2-1-3-16(12-15)29-10-8-28(9-11-29)14-20(31)26-7-6-21-27-18-5-4-17(30)13-19(18)32-21/h1-5,12,21,27H,6-11,13-14H2,(H,26,31). The molecule has 1 fully saturated rings. The molecule has 6 nitrogen and oxygen atoms in total. The van der Waals surface area contributed by atoms with E-state index < -0.39 is 11.7 Å². The van der Waals surface area contributed by atoms with Crippen LogP contribution in [0.4, 0.5) is 18.9 Å². The van der Waals surface area contributed by atoms with Gasteiger partial charge >= 0.3 is 6.18 Å². The van der Waals surface area contributed by atoms with E-state index in [1.165, 1.54) is 12.1 Å². The molecule has 1 amide bonds. The molecule has 0 bridgehead atoms. The molecule has 0 saturated carbocycles. The summed E-state index contributed by atoms with van der Waals surface area (Å²) in [5.41, 5.74) is 0.910. The van der Waals surface area contributed by atoms with Crippen molar-refractivity contribution in [3.63, 3.8) is 0 Å². The number of nitrogens with one attached hydrogen (secondary N) is 2. The number of anilines is 1. The molecule has 4 rings (SSSR count). The maximum absolute atomic E-state index is 12.9. The van der Waals surface area contributed by atoms with Crippen molar-refractivity contribution in [3.8, 4) is 0 Å². The van der Waals surface area contributed by atoms with Gasteiger partial charge in [-0.05, 0) is 36.8 Å². The number of benzene rings is 1. The predicted octanol–water partition coefficient (Wildman–Crippen LogP) is 2.74. The number of ketones is 1. The Morgan fingerprint density at radius 1 is 1.19 bits per heavy atom. The van der Waals surface area contributed by atoms with Crippen LogP contribution in [0.25, 0.3) is 0 Å². The van der Waals surface area contributed by atoms with Crippen molar-refractivity contribution in [2.75, 3.05) is 44.2 Å². The smallest absolute Gasteiger partial charge is 0.372 e. The summed E-state index contributed by atoms with van der Waals surface area (Å²) >= 11 is 1.65. The van der Waals surface area contributed by atoms with Crippen LogP contribution in [0.15, 0.2) is 47.0 Å². The number of amides is 1. The summed E-state index contributed by atoms with van der Waals surface area (Å²) in [5.74, 6) is 0.0495. The summed E-state index contributed by atoms with van der Waals surface area (Å²) in [4.78, 5) is 28.8. The molecule has 10 heteroatoms. The highest BCUT2D eigenvalue weighted by Crippen LogP contribution is 2.36. The Bertz CT molecular complexity index is 939. The summed E-state index contributed by atoms with van der Waals surface area (Å²) in [6.07, 6.45) is 0.231. The molecule has 1 saturated heterocycles. The van der Waals surface area contributed by atoms with Gasteiger partial charge in [-0.3, -0.25) is 14.5 Å². The van der Waals surface area contributed by atoms with Crippen LogP contribution in [0.1, 0.15) is 18.4 Å². The lowest BCUT2D eigenvalue weighted by Crippen LogP contribution is -2.49. The van der Waals surface area contributed by atoms with Crippen LogP contribution in [0, 0.1) is 0 Å². The van der Waals surface area contributed by atoms with E-state index in [0.29, 0.717) is 44.8 Å². The maximum atomic E-state index is 12.9. The van der Waals surface area contributed by atoms with E-state index in [4.69, 9.17) is 0 Å². The summed E-state index contributed by atoms with van der Waals surface area (Å²) in [6.45, 7) is 3.17. The van der Waals surface area contributed by atoms with Gasteiger partial charge in [-0.2, -0.15) is 13.2 Å². The minimum absolute atomic E-state index is 0.0617. The van der Waals surface area contributed by atoms with E-state index >= 15 is 0 Å². The average molecular weight is 467 g/mol. The first-order valence-corrected chi connectivity index (χ1v) is 11.4. The van der Waals surface area contributed by atoms with Crippen LogP contribution >= 0.6 is 11.8 Å². The van der Waals surface area contributed by atoms with E-state index in [9.17, 15) is 22.8 Å². The largest absolute Gasteiger partial charge is 0.416 e. The number of allylic oxidation sites excluding steroid dienone is 3. The molecule has 1 unspecified atom stereocenters. The second-order valence-electron chi connectivity index (χ2n) is 8.01. The normalized spacial score (nSPS) is 21.5. The zero-order valence-corrected chi connectivity index (χ0v) is 18.3. The number of thioether (sulfide) groups is 1. The molecule has 3 aliphatic rings. The molecule has 1 aromatic carbocycles. The number of nitrogens with zero attached hydrogens (tertiary/aromatic N) is 2. The molecule has 1 aromatic rings.